The molecule has 14 heavy (non-hydrogen) atoms. The van der Waals surface area contributed by atoms with E-state index in [1.165, 1.54) is 0 Å². The Hall–Kier alpha value is -0.710. The standard InChI is InChI=1S/C10H17NO3/c1-3-7-11-9(8-12)5-6-10(14-11)13-4-2/h3,8-10H,1,4-7H2,2H3/t9-,10+/m1/s1. The molecule has 0 N–H and O–H groups in total. The molecule has 2 atom stereocenters. The second-order valence-corrected chi connectivity index (χ2v) is 3.16. The van der Waals surface area contributed by atoms with Gasteiger partial charge in [-0.25, -0.2) is 0 Å². The number of hydroxylamine groups is 2. The molecule has 4 heteroatoms. The van der Waals surface area contributed by atoms with Crippen molar-refractivity contribution >= 4 is 6.29 Å². The van der Waals surface area contributed by atoms with Crippen LogP contribution >= 0.6 is 0 Å². The summed E-state index contributed by atoms with van der Waals surface area (Å²) in [5.41, 5.74) is 0. The van der Waals surface area contributed by atoms with Crippen molar-refractivity contribution in [3.63, 3.8) is 0 Å². The molecule has 0 aromatic carbocycles. The lowest BCUT2D eigenvalue weighted by atomic mass is 10.1. The molecule has 0 bridgehead atoms. The van der Waals surface area contributed by atoms with Crippen LogP contribution in [0.25, 0.3) is 0 Å². The molecule has 1 aliphatic rings. The van der Waals surface area contributed by atoms with Crippen LogP contribution in [0.15, 0.2) is 12.7 Å². The van der Waals surface area contributed by atoms with Crippen LogP contribution in [0.3, 0.4) is 0 Å². The van der Waals surface area contributed by atoms with E-state index < -0.39 is 0 Å². The van der Waals surface area contributed by atoms with Gasteiger partial charge >= 0.3 is 0 Å². The van der Waals surface area contributed by atoms with Crippen molar-refractivity contribution in [2.24, 2.45) is 0 Å². The van der Waals surface area contributed by atoms with Gasteiger partial charge in [0, 0.05) is 19.6 Å². The summed E-state index contributed by atoms with van der Waals surface area (Å²) < 4.78 is 5.34. The molecule has 1 fully saturated rings. The number of aldehydes is 1. The minimum absolute atomic E-state index is 0.162. The second-order valence-electron chi connectivity index (χ2n) is 3.16. The highest BCUT2D eigenvalue weighted by atomic mass is 16.8. The Balaban J connectivity index is 2.47. The number of hydrogen-bond donors (Lipinski definition) is 0. The molecule has 80 valence electrons. The molecule has 0 spiro atoms. The van der Waals surface area contributed by atoms with Crippen molar-refractivity contribution in [3.8, 4) is 0 Å². The molecule has 0 aromatic rings. The third kappa shape index (κ3) is 2.90. The van der Waals surface area contributed by atoms with Crippen molar-refractivity contribution in [2.75, 3.05) is 13.2 Å². The van der Waals surface area contributed by atoms with Crippen molar-refractivity contribution in [1.29, 1.82) is 0 Å². The molecule has 1 heterocycles. The molecule has 4 nitrogen and oxygen atoms in total. The van der Waals surface area contributed by atoms with Gasteiger partial charge in [0.05, 0.1) is 6.04 Å². The monoisotopic (exact) mass is 199 g/mol. The van der Waals surface area contributed by atoms with E-state index in [4.69, 9.17) is 9.57 Å². The number of carbonyl (C=O) groups excluding carboxylic acids is 1. The van der Waals surface area contributed by atoms with E-state index in [0.29, 0.717) is 13.2 Å². The van der Waals surface area contributed by atoms with Crippen molar-refractivity contribution in [2.45, 2.75) is 32.1 Å². The predicted molar refractivity (Wildman–Crippen MR) is 52.5 cm³/mol. The van der Waals surface area contributed by atoms with Gasteiger partial charge in [-0.3, -0.25) is 4.84 Å². The average Bonchev–Trinajstić information content (AvgIpc) is 2.19. The maximum Gasteiger partial charge on any atom is 0.177 e. The number of carbonyl (C=O) groups is 1. The fraction of sp³-hybridized carbons (Fsp3) is 0.700. The zero-order valence-corrected chi connectivity index (χ0v) is 8.52. The summed E-state index contributed by atoms with van der Waals surface area (Å²) in [6.45, 7) is 6.71. The van der Waals surface area contributed by atoms with E-state index in [1.807, 2.05) is 6.92 Å². The van der Waals surface area contributed by atoms with Gasteiger partial charge in [-0.2, -0.15) is 5.06 Å². The Morgan fingerprint density at radius 1 is 1.64 bits per heavy atom. The Kier molecular flexibility index (Phi) is 4.79. The molecule has 0 radical (unpaired) electrons. The summed E-state index contributed by atoms with van der Waals surface area (Å²) in [5.74, 6) is 0. The van der Waals surface area contributed by atoms with Gasteiger partial charge in [0.15, 0.2) is 6.29 Å². The molecule has 0 saturated carbocycles. The van der Waals surface area contributed by atoms with Crippen LogP contribution in [0.5, 0.6) is 0 Å². The lowest BCUT2D eigenvalue weighted by Crippen LogP contribution is -2.45. The van der Waals surface area contributed by atoms with Crippen molar-refractivity contribution in [3.05, 3.63) is 12.7 Å². The summed E-state index contributed by atoms with van der Waals surface area (Å²) in [4.78, 5) is 16.2. The maximum atomic E-state index is 10.7. The summed E-state index contributed by atoms with van der Waals surface area (Å²) in [6.07, 6.45) is 3.96. The molecule has 0 aliphatic carbocycles. The Labute approximate surface area is 84.4 Å². The smallest absolute Gasteiger partial charge is 0.177 e. The highest BCUT2D eigenvalue weighted by Gasteiger charge is 2.28. The number of rotatable bonds is 5. The highest BCUT2D eigenvalue weighted by molar-refractivity contribution is 5.57. The van der Waals surface area contributed by atoms with E-state index in [1.54, 1.807) is 11.1 Å². The predicted octanol–water partition coefficient (Wildman–Crippen LogP) is 1.13. The Morgan fingerprint density at radius 3 is 3.00 bits per heavy atom. The van der Waals surface area contributed by atoms with Crippen molar-refractivity contribution < 1.29 is 14.4 Å². The van der Waals surface area contributed by atoms with Crippen LogP contribution in [0.1, 0.15) is 19.8 Å². The zero-order chi connectivity index (χ0) is 10.4. The van der Waals surface area contributed by atoms with E-state index in [2.05, 4.69) is 6.58 Å². The fourth-order valence-electron chi connectivity index (χ4n) is 1.47. The first kappa shape index (κ1) is 11.4. The van der Waals surface area contributed by atoms with Gasteiger partial charge in [0.1, 0.15) is 6.29 Å². The minimum Gasteiger partial charge on any atom is -0.351 e. The number of nitrogens with zero attached hydrogens (tertiary/aromatic N) is 1. The lowest BCUT2D eigenvalue weighted by Gasteiger charge is -2.35. The summed E-state index contributed by atoms with van der Waals surface area (Å²) in [7, 11) is 0. The molecule has 0 amide bonds. The topological polar surface area (TPSA) is 38.8 Å². The van der Waals surface area contributed by atoms with E-state index >= 15 is 0 Å². The Morgan fingerprint density at radius 2 is 2.43 bits per heavy atom. The highest BCUT2D eigenvalue weighted by Crippen LogP contribution is 2.19. The molecule has 0 aromatic heterocycles. The third-order valence-electron chi connectivity index (χ3n) is 2.14. The normalized spacial score (nSPS) is 28.6. The first-order valence-electron chi connectivity index (χ1n) is 4.93. The number of hydrogen-bond acceptors (Lipinski definition) is 4. The first-order chi connectivity index (χ1) is 6.81. The Bertz CT molecular complexity index is 196. The lowest BCUT2D eigenvalue weighted by molar-refractivity contribution is -0.308. The third-order valence-corrected chi connectivity index (χ3v) is 2.14. The summed E-state index contributed by atoms with van der Waals surface area (Å²) >= 11 is 0. The molecule has 0 unspecified atom stereocenters. The van der Waals surface area contributed by atoms with Gasteiger partial charge in [-0.05, 0) is 13.3 Å². The van der Waals surface area contributed by atoms with Crippen LogP contribution in [0.4, 0.5) is 0 Å². The molecular weight excluding hydrogens is 182 g/mol. The van der Waals surface area contributed by atoms with E-state index in [-0.39, 0.29) is 12.3 Å². The average molecular weight is 199 g/mol. The minimum atomic E-state index is -0.212. The molecule has 1 aliphatic heterocycles. The summed E-state index contributed by atoms with van der Waals surface area (Å²) in [5, 5.41) is 1.63. The van der Waals surface area contributed by atoms with Gasteiger partial charge in [-0.15, -0.1) is 6.58 Å². The molecule has 1 saturated heterocycles. The van der Waals surface area contributed by atoms with Gasteiger partial charge in [0.2, 0.25) is 0 Å². The SMILES string of the molecule is C=CCN1O[C@H](OCC)CC[C@@H]1C=O. The van der Waals surface area contributed by atoms with Crippen LogP contribution < -0.4 is 0 Å². The van der Waals surface area contributed by atoms with E-state index in [0.717, 1.165) is 19.1 Å². The fourth-order valence-corrected chi connectivity index (χ4v) is 1.47. The van der Waals surface area contributed by atoms with Crippen molar-refractivity contribution in [1.82, 2.24) is 5.06 Å². The quantitative estimate of drug-likeness (QED) is 0.491. The van der Waals surface area contributed by atoms with Crippen LogP contribution in [-0.4, -0.2) is 36.8 Å². The van der Waals surface area contributed by atoms with Gasteiger partial charge in [-0.1, -0.05) is 6.08 Å². The zero-order valence-electron chi connectivity index (χ0n) is 8.52. The second kappa shape index (κ2) is 5.90. The molecule has 1 rings (SSSR count). The largest absolute Gasteiger partial charge is 0.351 e. The maximum absolute atomic E-state index is 10.7. The van der Waals surface area contributed by atoms with Gasteiger partial charge in [0.25, 0.3) is 0 Å². The molecular formula is C10H17NO3. The number of ether oxygens (including phenoxy) is 1. The van der Waals surface area contributed by atoms with E-state index in [9.17, 15) is 4.79 Å². The van der Waals surface area contributed by atoms with Crippen LogP contribution in [-0.2, 0) is 14.4 Å². The summed E-state index contributed by atoms with van der Waals surface area (Å²) in [6, 6.07) is -0.162. The van der Waals surface area contributed by atoms with Gasteiger partial charge < -0.3 is 9.53 Å². The van der Waals surface area contributed by atoms with Crippen LogP contribution in [0.2, 0.25) is 0 Å². The van der Waals surface area contributed by atoms with Crippen LogP contribution in [0, 0.1) is 0 Å². The first-order valence-corrected chi connectivity index (χ1v) is 4.93.